The van der Waals surface area contributed by atoms with E-state index in [4.69, 9.17) is 0 Å². The summed E-state index contributed by atoms with van der Waals surface area (Å²) < 4.78 is 25.8. The van der Waals surface area contributed by atoms with E-state index < -0.39 is 5.92 Å². The van der Waals surface area contributed by atoms with Crippen LogP contribution >= 0.6 is 11.8 Å². The summed E-state index contributed by atoms with van der Waals surface area (Å²) in [5, 5.41) is 3.00. The summed E-state index contributed by atoms with van der Waals surface area (Å²) in [5.41, 5.74) is -0.214. The van der Waals surface area contributed by atoms with Crippen molar-refractivity contribution in [3.8, 4) is 0 Å². The highest BCUT2D eigenvalue weighted by atomic mass is 32.2. The molecule has 0 bridgehead atoms. The van der Waals surface area contributed by atoms with Crippen molar-refractivity contribution < 1.29 is 8.78 Å². The lowest BCUT2D eigenvalue weighted by Gasteiger charge is -2.32. The zero-order chi connectivity index (χ0) is 8.66. The largest absolute Gasteiger partial charge is 0.305 e. The minimum atomic E-state index is -2.46. The van der Waals surface area contributed by atoms with Crippen molar-refractivity contribution in [2.75, 3.05) is 18.1 Å². The molecule has 12 heavy (non-hydrogen) atoms. The van der Waals surface area contributed by atoms with Gasteiger partial charge >= 0.3 is 0 Å². The first-order valence-corrected chi connectivity index (χ1v) is 5.48. The lowest BCUT2D eigenvalue weighted by atomic mass is 9.90. The maximum atomic E-state index is 12.9. The highest BCUT2D eigenvalue weighted by molar-refractivity contribution is 7.99. The van der Waals surface area contributed by atoms with Gasteiger partial charge in [-0.15, -0.1) is 0 Å². The maximum Gasteiger partial charge on any atom is 0.262 e. The van der Waals surface area contributed by atoms with E-state index in [0.717, 1.165) is 24.3 Å². The molecule has 2 aliphatic heterocycles. The molecule has 2 saturated heterocycles. The molecule has 0 atom stereocenters. The third-order valence-corrected chi connectivity index (χ3v) is 3.75. The van der Waals surface area contributed by atoms with Gasteiger partial charge in [0.25, 0.3) is 5.92 Å². The number of hydrogen-bond donors (Lipinski definition) is 1. The Balaban J connectivity index is 2.03. The lowest BCUT2D eigenvalue weighted by Crippen LogP contribution is -2.42. The SMILES string of the molecule is FC1(F)CNC2(CCSCC2)C1. The van der Waals surface area contributed by atoms with Crippen LogP contribution in [0, 0.1) is 0 Å². The quantitative estimate of drug-likeness (QED) is 0.630. The predicted molar refractivity (Wildman–Crippen MR) is 46.9 cm³/mol. The highest BCUT2D eigenvalue weighted by Gasteiger charge is 2.49. The van der Waals surface area contributed by atoms with E-state index in [0.29, 0.717) is 0 Å². The zero-order valence-corrected chi connectivity index (χ0v) is 7.72. The van der Waals surface area contributed by atoms with E-state index in [1.54, 1.807) is 0 Å². The summed E-state index contributed by atoms with van der Waals surface area (Å²) in [4.78, 5) is 0. The van der Waals surface area contributed by atoms with Gasteiger partial charge in [0.05, 0.1) is 6.54 Å². The summed E-state index contributed by atoms with van der Waals surface area (Å²) in [6, 6.07) is 0. The van der Waals surface area contributed by atoms with Crippen LogP contribution in [0.4, 0.5) is 8.78 Å². The van der Waals surface area contributed by atoms with Gasteiger partial charge in [-0.05, 0) is 24.3 Å². The van der Waals surface area contributed by atoms with Gasteiger partial charge in [0.1, 0.15) is 0 Å². The lowest BCUT2D eigenvalue weighted by molar-refractivity contribution is 0.0151. The third kappa shape index (κ3) is 1.59. The fraction of sp³-hybridized carbons (Fsp3) is 1.00. The van der Waals surface area contributed by atoms with Crippen LogP contribution in [0.5, 0.6) is 0 Å². The molecule has 0 radical (unpaired) electrons. The van der Waals surface area contributed by atoms with Gasteiger partial charge in [-0.25, -0.2) is 8.78 Å². The van der Waals surface area contributed by atoms with Crippen molar-refractivity contribution >= 4 is 11.8 Å². The Bertz CT molecular complexity index is 178. The van der Waals surface area contributed by atoms with E-state index in [-0.39, 0.29) is 18.5 Å². The normalized spacial score (nSPS) is 32.5. The molecule has 2 aliphatic rings. The number of nitrogens with one attached hydrogen (secondary N) is 1. The van der Waals surface area contributed by atoms with Crippen molar-refractivity contribution in [2.45, 2.75) is 30.7 Å². The molecule has 0 aromatic rings. The van der Waals surface area contributed by atoms with Gasteiger partial charge in [0, 0.05) is 12.0 Å². The standard InChI is InChI=1S/C8H13F2NS/c9-8(10)5-7(11-6-8)1-3-12-4-2-7/h11H,1-6H2. The molecule has 4 heteroatoms. The summed E-state index contributed by atoms with van der Waals surface area (Å²) in [5.74, 6) is -0.395. The first kappa shape index (κ1) is 8.75. The van der Waals surface area contributed by atoms with E-state index in [1.165, 1.54) is 0 Å². The Hall–Kier alpha value is 0.170. The minimum absolute atomic E-state index is 0.0561. The zero-order valence-electron chi connectivity index (χ0n) is 6.91. The molecule has 1 spiro atoms. The Morgan fingerprint density at radius 1 is 1.17 bits per heavy atom. The predicted octanol–water partition coefficient (Wildman–Crippen LogP) is 1.88. The Morgan fingerprint density at radius 2 is 1.83 bits per heavy atom. The molecule has 2 heterocycles. The van der Waals surface area contributed by atoms with Crippen molar-refractivity contribution in [2.24, 2.45) is 0 Å². The molecular weight excluding hydrogens is 180 g/mol. The topological polar surface area (TPSA) is 12.0 Å². The number of thioether (sulfide) groups is 1. The molecule has 2 fully saturated rings. The first-order valence-electron chi connectivity index (χ1n) is 4.33. The average molecular weight is 193 g/mol. The monoisotopic (exact) mass is 193 g/mol. The van der Waals surface area contributed by atoms with E-state index in [2.05, 4.69) is 5.32 Å². The van der Waals surface area contributed by atoms with Crippen LogP contribution in [0.15, 0.2) is 0 Å². The second-order valence-electron chi connectivity index (χ2n) is 3.78. The van der Waals surface area contributed by atoms with Gasteiger partial charge in [-0.3, -0.25) is 0 Å². The van der Waals surface area contributed by atoms with E-state index in [9.17, 15) is 8.78 Å². The molecule has 0 aromatic carbocycles. The molecule has 70 valence electrons. The molecule has 1 N–H and O–H groups in total. The average Bonchev–Trinajstić information content (AvgIpc) is 2.29. The molecule has 1 nitrogen and oxygen atoms in total. The number of alkyl halides is 2. The molecule has 0 amide bonds. The van der Waals surface area contributed by atoms with Crippen LogP contribution < -0.4 is 5.32 Å². The summed E-state index contributed by atoms with van der Waals surface area (Å²) in [7, 11) is 0. The molecule has 0 aliphatic carbocycles. The van der Waals surface area contributed by atoms with Gasteiger partial charge in [-0.1, -0.05) is 0 Å². The fourth-order valence-corrected chi connectivity index (χ4v) is 3.33. The number of halogens is 2. The highest BCUT2D eigenvalue weighted by Crippen LogP contribution is 2.40. The smallest absolute Gasteiger partial charge is 0.262 e. The summed E-state index contributed by atoms with van der Waals surface area (Å²) in [6.07, 6.45) is 1.88. The molecule has 0 aromatic heterocycles. The Morgan fingerprint density at radius 3 is 2.33 bits per heavy atom. The summed E-state index contributed by atoms with van der Waals surface area (Å²) >= 11 is 1.87. The van der Waals surface area contributed by atoms with Gasteiger partial charge < -0.3 is 5.32 Å². The van der Waals surface area contributed by atoms with Crippen molar-refractivity contribution in [3.63, 3.8) is 0 Å². The van der Waals surface area contributed by atoms with Crippen molar-refractivity contribution in [1.82, 2.24) is 5.32 Å². The summed E-state index contributed by atoms with van der Waals surface area (Å²) in [6.45, 7) is -0.113. The van der Waals surface area contributed by atoms with Crippen LogP contribution in [0.2, 0.25) is 0 Å². The number of rotatable bonds is 0. The Kier molecular flexibility index (Phi) is 2.07. The van der Waals surface area contributed by atoms with Crippen LogP contribution in [0.1, 0.15) is 19.3 Å². The molecule has 0 saturated carbocycles. The van der Waals surface area contributed by atoms with Crippen LogP contribution in [0.25, 0.3) is 0 Å². The minimum Gasteiger partial charge on any atom is -0.305 e. The fourth-order valence-electron chi connectivity index (χ4n) is 2.05. The van der Waals surface area contributed by atoms with Crippen LogP contribution in [0.3, 0.4) is 0 Å². The molecular formula is C8H13F2NS. The van der Waals surface area contributed by atoms with E-state index >= 15 is 0 Å². The van der Waals surface area contributed by atoms with Crippen molar-refractivity contribution in [3.05, 3.63) is 0 Å². The number of hydrogen-bond acceptors (Lipinski definition) is 2. The Labute approximate surface area is 75.3 Å². The molecule has 2 rings (SSSR count). The van der Waals surface area contributed by atoms with Crippen molar-refractivity contribution in [1.29, 1.82) is 0 Å². The van der Waals surface area contributed by atoms with Gasteiger partial charge in [0.2, 0.25) is 0 Å². The van der Waals surface area contributed by atoms with Crippen LogP contribution in [-0.2, 0) is 0 Å². The molecule has 0 unspecified atom stereocenters. The van der Waals surface area contributed by atoms with E-state index in [1.807, 2.05) is 11.8 Å². The van der Waals surface area contributed by atoms with Crippen LogP contribution in [-0.4, -0.2) is 29.5 Å². The second kappa shape index (κ2) is 2.84. The first-order chi connectivity index (χ1) is 5.62. The van der Waals surface area contributed by atoms with Gasteiger partial charge in [0.15, 0.2) is 0 Å². The maximum absolute atomic E-state index is 12.9. The van der Waals surface area contributed by atoms with Gasteiger partial charge in [-0.2, -0.15) is 11.8 Å². The second-order valence-corrected chi connectivity index (χ2v) is 5.00. The third-order valence-electron chi connectivity index (χ3n) is 2.77.